The fourth-order valence-corrected chi connectivity index (χ4v) is 4.46. The third-order valence-corrected chi connectivity index (χ3v) is 6.36. The molecule has 0 saturated carbocycles. The van der Waals surface area contributed by atoms with Crippen molar-refractivity contribution in [1.82, 2.24) is 14.9 Å². The summed E-state index contributed by atoms with van der Waals surface area (Å²) >= 11 is 0. The third kappa shape index (κ3) is 5.95. The van der Waals surface area contributed by atoms with E-state index in [9.17, 15) is 18.0 Å². The molecule has 0 spiro atoms. The molecule has 0 aliphatic carbocycles. The summed E-state index contributed by atoms with van der Waals surface area (Å²) in [7, 11) is 0. The molecule has 0 bridgehead atoms. The Morgan fingerprint density at radius 3 is 2.39 bits per heavy atom. The minimum absolute atomic E-state index is 0.237. The fraction of sp³-hybridized carbons (Fsp3) is 0.370. The van der Waals surface area contributed by atoms with Crippen molar-refractivity contribution in [2.24, 2.45) is 0 Å². The molecule has 36 heavy (non-hydrogen) atoms. The number of para-hydroxylation sites is 1. The number of carbonyl (C=O) groups excluding carboxylic acids is 1. The Hall–Kier alpha value is -3.62. The van der Waals surface area contributed by atoms with E-state index in [1.807, 2.05) is 13.8 Å². The summed E-state index contributed by atoms with van der Waals surface area (Å²) in [6.45, 7) is 7.90. The van der Waals surface area contributed by atoms with Crippen LogP contribution in [0, 0.1) is 20.8 Å². The van der Waals surface area contributed by atoms with Crippen LogP contribution in [-0.2, 0) is 12.6 Å². The molecule has 4 rings (SSSR count). The van der Waals surface area contributed by atoms with E-state index < -0.39 is 17.8 Å². The minimum Gasteiger partial charge on any atom is -0.354 e. The van der Waals surface area contributed by atoms with Gasteiger partial charge in [-0.25, -0.2) is 14.8 Å². The van der Waals surface area contributed by atoms with Crippen LogP contribution in [0.15, 0.2) is 48.5 Å². The number of amides is 2. The van der Waals surface area contributed by atoms with Gasteiger partial charge in [0, 0.05) is 43.9 Å². The van der Waals surface area contributed by atoms with Crippen molar-refractivity contribution in [2.75, 3.05) is 36.4 Å². The molecule has 1 fully saturated rings. The molecule has 2 aromatic carbocycles. The first-order valence-electron chi connectivity index (χ1n) is 12.0. The average molecular weight is 498 g/mol. The van der Waals surface area contributed by atoms with Crippen molar-refractivity contribution >= 4 is 17.5 Å². The summed E-state index contributed by atoms with van der Waals surface area (Å²) in [6.07, 6.45) is -3.19. The molecule has 2 heterocycles. The Bertz CT molecular complexity index is 1230. The zero-order valence-electron chi connectivity index (χ0n) is 20.7. The van der Waals surface area contributed by atoms with Gasteiger partial charge in [0.25, 0.3) is 0 Å². The summed E-state index contributed by atoms with van der Waals surface area (Å²) < 4.78 is 40.0. The highest BCUT2D eigenvalue weighted by molar-refractivity contribution is 5.90. The Balaban J connectivity index is 1.51. The maximum absolute atomic E-state index is 13.3. The zero-order valence-corrected chi connectivity index (χ0v) is 20.7. The quantitative estimate of drug-likeness (QED) is 0.498. The number of nitrogens with zero attached hydrogens (tertiary/aromatic N) is 4. The monoisotopic (exact) mass is 497 g/mol. The lowest BCUT2D eigenvalue weighted by Crippen LogP contribution is -2.38. The highest BCUT2D eigenvalue weighted by Crippen LogP contribution is 2.34. The van der Waals surface area contributed by atoms with Crippen LogP contribution in [0.3, 0.4) is 0 Å². The number of anilines is 2. The molecule has 3 aromatic rings. The number of hydrogen-bond acceptors (Lipinski definition) is 4. The van der Waals surface area contributed by atoms with Crippen molar-refractivity contribution in [1.29, 1.82) is 0 Å². The van der Waals surface area contributed by atoms with Gasteiger partial charge in [-0.05, 0) is 44.9 Å². The summed E-state index contributed by atoms with van der Waals surface area (Å²) in [5, 5.41) is 2.46. The van der Waals surface area contributed by atoms with Gasteiger partial charge in [-0.2, -0.15) is 13.2 Å². The minimum atomic E-state index is -4.55. The number of urea groups is 1. The number of halogens is 3. The second-order valence-electron chi connectivity index (χ2n) is 9.12. The lowest BCUT2D eigenvalue weighted by molar-refractivity contribution is -0.136. The molecule has 1 saturated heterocycles. The smallest absolute Gasteiger partial charge is 0.354 e. The second kappa shape index (κ2) is 10.6. The van der Waals surface area contributed by atoms with Gasteiger partial charge in [0.2, 0.25) is 0 Å². The number of aromatic nitrogens is 2. The Labute approximate surface area is 209 Å². The molecule has 1 N–H and O–H groups in total. The highest BCUT2D eigenvalue weighted by atomic mass is 19.4. The normalized spacial score (nSPS) is 14.5. The lowest BCUT2D eigenvalue weighted by Gasteiger charge is -2.26. The maximum Gasteiger partial charge on any atom is 0.418 e. The second-order valence-corrected chi connectivity index (χ2v) is 9.12. The summed E-state index contributed by atoms with van der Waals surface area (Å²) in [4.78, 5) is 25.9. The first-order valence-corrected chi connectivity index (χ1v) is 12.0. The van der Waals surface area contributed by atoms with Gasteiger partial charge in [0.1, 0.15) is 11.6 Å². The van der Waals surface area contributed by atoms with Crippen LogP contribution in [-0.4, -0.2) is 47.1 Å². The van der Waals surface area contributed by atoms with Gasteiger partial charge in [0.15, 0.2) is 0 Å². The molecule has 0 atom stereocenters. The number of carbonyl (C=O) groups is 1. The first kappa shape index (κ1) is 25.5. The van der Waals surface area contributed by atoms with Gasteiger partial charge in [-0.15, -0.1) is 0 Å². The topological polar surface area (TPSA) is 61.4 Å². The van der Waals surface area contributed by atoms with E-state index in [2.05, 4.69) is 46.4 Å². The number of hydrogen-bond donors (Lipinski definition) is 1. The molecular formula is C27H30F3N5O. The van der Waals surface area contributed by atoms with E-state index in [1.54, 1.807) is 4.90 Å². The van der Waals surface area contributed by atoms with Crippen molar-refractivity contribution in [2.45, 2.75) is 39.8 Å². The zero-order chi connectivity index (χ0) is 25.9. The van der Waals surface area contributed by atoms with Crippen molar-refractivity contribution in [3.8, 4) is 0 Å². The predicted octanol–water partition coefficient (Wildman–Crippen LogP) is 5.76. The van der Waals surface area contributed by atoms with E-state index in [0.717, 1.165) is 28.7 Å². The van der Waals surface area contributed by atoms with Gasteiger partial charge < -0.3 is 15.1 Å². The van der Waals surface area contributed by atoms with Crippen LogP contribution in [0.5, 0.6) is 0 Å². The van der Waals surface area contributed by atoms with Gasteiger partial charge >= 0.3 is 12.2 Å². The van der Waals surface area contributed by atoms with Gasteiger partial charge in [0.05, 0.1) is 11.3 Å². The Morgan fingerprint density at radius 1 is 0.944 bits per heavy atom. The third-order valence-electron chi connectivity index (χ3n) is 6.36. The van der Waals surface area contributed by atoms with E-state index in [1.165, 1.54) is 23.8 Å². The molecule has 0 radical (unpaired) electrons. The van der Waals surface area contributed by atoms with Crippen molar-refractivity contribution in [3.63, 3.8) is 0 Å². The molecule has 190 valence electrons. The summed E-state index contributed by atoms with van der Waals surface area (Å²) in [5.41, 5.74) is 3.22. The molecule has 2 amide bonds. The summed E-state index contributed by atoms with van der Waals surface area (Å²) in [6, 6.07) is 12.9. The first-order chi connectivity index (χ1) is 17.1. The van der Waals surface area contributed by atoms with Crippen LogP contribution < -0.4 is 10.2 Å². The maximum atomic E-state index is 13.3. The molecule has 1 aliphatic rings. The Kier molecular flexibility index (Phi) is 7.47. The molecular weight excluding hydrogens is 467 g/mol. The number of benzene rings is 2. The Morgan fingerprint density at radius 2 is 1.67 bits per heavy atom. The largest absolute Gasteiger partial charge is 0.418 e. The number of rotatable bonds is 4. The number of nitrogens with one attached hydrogen (secondary N) is 1. The molecule has 9 heteroatoms. The number of alkyl halides is 3. The van der Waals surface area contributed by atoms with E-state index in [4.69, 9.17) is 4.98 Å². The van der Waals surface area contributed by atoms with Crippen molar-refractivity contribution < 1.29 is 18.0 Å². The predicted molar refractivity (Wildman–Crippen MR) is 134 cm³/mol. The molecule has 1 aromatic heterocycles. The van der Waals surface area contributed by atoms with E-state index in [-0.39, 0.29) is 5.69 Å². The summed E-state index contributed by atoms with van der Waals surface area (Å²) in [5.74, 6) is 1.53. The number of aryl methyl sites for hydroxylation is 3. The highest BCUT2D eigenvalue weighted by Gasteiger charge is 2.34. The van der Waals surface area contributed by atoms with Crippen LogP contribution >= 0.6 is 0 Å². The molecule has 1 aliphatic heterocycles. The van der Waals surface area contributed by atoms with Crippen LogP contribution in [0.1, 0.15) is 40.2 Å². The van der Waals surface area contributed by atoms with E-state index >= 15 is 0 Å². The van der Waals surface area contributed by atoms with Crippen LogP contribution in [0.2, 0.25) is 0 Å². The molecule has 0 unspecified atom stereocenters. The van der Waals surface area contributed by atoms with Crippen LogP contribution in [0.25, 0.3) is 0 Å². The van der Waals surface area contributed by atoms with Crippen molar-refractivity contribution in [3.05, 3.63) is 82.3 Å². The SMILES string of the molecule is Cc1ccc(Cc2c(C)nc(C)nc2N2CCCN(C(=O)Nc3ccccc3C(F)(F)F)CC2)cc1. The van der Waals surface area contributed by atoms with Gasteiger partial charge in [-0.1, -0.05) is 42.0 Å². The average Bonchev–Trinajstić information content (AvgIpc) is 3.08. The standard InChI is InChI=1S/C27H30F3N5O/c1-18-9-11-21(12-10-18)17-22-19(2)31-20(3)32-25(22)34-13-6-14-35(16-15-34)26(36)33-24-8-5-4-7-23(24)27(28,29)30/h4-5,7-12H,6,13-17H2,1-3H3,(H,33,36). The molecule has 6 nitrogen and oxygen atoms in total. The van der Waals surface area contributed by atoms with E-state index in [0.29, 0.717) is 44.8 Å². The van der Waals surface area contributed by atoms with Gasteiger partial charge in [-0.3, -0.25) is 0 Å². The lowest BCUT2D eigenvalue weighted by atomic mass is 10.0. The fourth-order valence-electron chi connectivity index (χ4n) is 4.46. The van der Waals surface area contributed by atoms with Crippen LogP contribution in [0.4, 0.5) is 29.5 Å².